The smallest absolute Gasteiger partial charge is 0.407 e. The molecule has 13 heteroatoms. The molecule has 12 nitrogen and oxygen atoms in total. The number of methoxy groups -OCH3 is 1. The van der Waals surface area contributed by atoms with Crippen molar-refractivity contribution in [1.29, 1.82) is 0 Å². The van der Waals surface area contributed by atoms with Crippen molar-refractivity contribution < 1.29 is 37.4 Å². The van der Waals surface area contributed by atoms with Crippen LogP contribution < -0.4 is 20.1 Å². The number of ether oxygens (including phenoxy) is 2. The van der Waals surface area contributed by atoms with Gasteiger partial charge >= 0.3 is 6.09 Å². The van der Waals surface area contributed by atoms with Crippen LogP contribution >= 0.6 is 0 Å². The first-order chi connectivity index (χ1) is 23.1. The summed E-state index contributed by atoms with van der Waals surface area (Å²) >= 11 is 0. The summed E-state index contributed by atoms with van der Waals surface area (Å²) in [6, 6.07) is 15.2. The highest BCUT2D eigenvalue weighted by molar-refractivity contribution is 7.87. The van der Waals surface area contributed by atoms with Gasteiger partial charge in [0, 0.05) is 19.1 Å². The third-order valence-electron chi connectivity index (χ3n) is 8.98. The Bertz CT molecular complexity index is 1470. The molecule has 0 spiro atoms. The van der Waals surface area contributed by atoms with Crippen molar-refractivity contribution in [2.45, 2.75) is 103 Å². The Hall–Kier alpha value is -3.52. The molecule has 0 heterocycles. The van der Waals surface area contributed by atoms with Crippen molar-refractivity contribution in [3.05, 3.63) is 65.7 Å². The molecule has 0 aromatic heterocycles. The van der Waals surface area contributed by atoms with Crippen LogP contribution in [0.4, 0.5) is 4.79 Å². The van der Waals surface area contributed by atoms with E-state index in [2.05, 4.69) is 15.4 Å². The summed E-state index contributed by atoms with van der Waals surface area (Å²) < 4.78 is 41.4. The number of aliphatic hydroxyl groups is 1. The Morgan fingerprint density at radius 2 is 1.65 bits per heavy atom. The molecule has 2 aromatic carbocycles. The average Bonchev–Trinajstić information content (AvgIpc) is 3.05. The van der Waals surface area contributed by atoms with E-state index in [-0.39, 0.29) is 43.7 Å². The minimum atomic E-state index is -4.20. The van der Waals surface area contributed by atoms with Gasteiger partial charge < -0.3 is 25.2 Å². The van der Waals surface area contributed by atoms with Crippen LogP contribution in [0.15, 0.2) is 54.6 Å². The van der Waals surface area contributed by atoms with Crippen molar-refractivity contribution in [3.63, 3.8) is 0 Å². The standard InChI is InChI=1S/C36H54N4O8S/c1-25(2)20-21-40(49(45,46)39-36(4,5)26(3)41)23-33(42)32(22-27-12-8-7-9-13-27)37-34(43)30-14-10-11-15-31(30)38-35(44)48-24-28-16-18-29(47-6)19-17-28/h7-9,12-13,16-19,25,30-33,39,42H,10-11,14-15,20-24H2,1-6H3,(H,37,43)(H,38,44). The van der Waals surface area contributed by atoms with Crippen LogP contribution in [0.5, 0.6) is 5.75 Å². The molecule has 1 aliphatic carbocycles. The number of carbonyl (C=O) groups excluding carboxylic acids is 3. The molecule has 0 saturated heterocycles. The maximum absolute atomic E-state index is 13.9. The first-order valence-corrected chi connectivity index (χ1v) is 18.4. The van der Waals surface area contributed by atoms with Crippen LogP contribution in [-0.4, -0.2) is 79.5 Å². The predicted octanol–water partition coefficient (Wildman–Crippen LogP) is 4.12. The summed E-state index contributed by atoms with van der Waals surface area (Å²) in [5.41, 5.74) is 0.284. The molecule has 1 saturated carbocycles. The van der Waals surface area contributed by atoms with Gasteiger partial charge in [0.15, 0.2) is 0 Å². The number of benzene rings is 2. The van der Waals surface area contributed by atoms with Crippen LogP contribution in [0, 0.1) is 11.8 Å². The molecule has 4 atom stereocenters. The number of aliphatic hydroxyl groups excluding tert-OH is 1. The zero-order valence-electron chi connectivity index (χ0n) is 29.6. The van der Waals surface area contributed by atoms with E-state index >= 15 is 0 Å². The molecule has 2 aromatic rings. The monoisotopic (exact) mass is 702 g/mol. The Morgan fingerprint density at radius 3 is 2.27 bits per heavy atom. The molecule has 4 unspecified atom stereocenters. The number of nitrogens with zero attached hydrogens (tertiary/aromatic N) is 1. The molecule has 2 amide bonds. The number of alkyl carbamates (subject to hydrolysis) is 1. The predicted molar refractivity (Wildman–Crippen MR) is 188 cm³/mol. The van der Waals surface area contributed by atoms with E-state index in [0.29, 0.717) is 25.0 Å². The zero-order valence-corrected chi connectivity index (χ0v) is 30.4. The average molecular weight is 703 g/mol. The molecule has 272 valence electrons. The normalized spacial score (nSPS) is 18.1. The molecule has 0 radical (unpaired) electrons. The molecular formula is C36H54N4O8S. The Labute approximate surface area is 291 Å². The highest BCUT2D eigenvalue weighted by Crippen LogP contribution is 2.26. The topological polar surface area (TPSA) is 163 Å². The summed E-state index contributed by atoms with van der Waals surface area (Å²) in [5, 5.41) is 17.5. The summed E-state index contributed by atoms with van der Waals surface area (Å²) in [7, 11) is -2.63. The zero-order chi connectivity index (χ0) is 36.2. The maximum atomic E-state index is 13.9. The van der Waals surface area contributed by atoms with Crippen molar-refractivity contribution in [3.8, 4) is 5.75 Å². The minimum absolute atomic E-state index is 0.0550. The van der Waals surface area contributed by atoms with Gasteiger partial charge in [-0.15, -0.1) is 0 Å². The minimum Gasteiger partial charge on any atom is -0.497 e. The van der Waals surface area contributed by atoms with E-state index in [0.717, 1.165) is 28.3 Å². The van der Waals surface area contributed by atoms with Crippen molar-refractivity contribution >= 4 is 28.0 Å². The molecule has 49 heavy (non-hydrogen) atoms. The first-order valence-electron chi connectivity index (χ1n) is 17.0. The van der Waals surface area contributed by atoms with Gasteiger partial charge in [-0.05, 0) is 75.6 Å². The highest BCUT2D eigenvalue weighted by atomic mass is 32.2. The van der Waals surface area contributed by atoms with Gasteiger partial charge in [-0.3, -0.25) is 9.59 Å². The lowest BCUT2D eigenvalue weighted by molar-refractivity contribution is -0.128. The van der Waals surface area contributed by atoms with Crippen LogP contribution in [0.2, 0.25) is 0 Å². The number of Topliss-reactive ketones (excluding diaryl/α,β-unsaturated/α-hetero) is 1. The Balaban J connectivity index is 1.77. The van der Waals surface area contributed by atoms with E-state index in [4.69, 9.17) is 9.47 Å². The van der Waals surface area contributed by atoms with Crippen LogP contribution in [0.25, 0.3) is 0 Å². The molecule has 1 fully saturated rings. The fraction of sp³-hybridized carbons (Fsp3) is 0.583. The number of hydrogen-bond donors (Lipinski definition) is 4. The van der Waals surface area contributed by atoms with Crippen molar-refractivity contribution in [1.82, 2.24) is 19.7 Å². The van der Waals surface area contributed by atoms with Gasteiger partial charge in [-0.1, -0.05) is 69.2 Å². The number of rotatable bonds is 18. The third kappa shape index (κ3) is 12.7. The van der Waals surface area contributed by atoms with Gasteiger partial charge in [0.25, 0.3) is 10.2 Å². The van der Waals surface area contributed by atoms with Gasteiger partial charge in [-0.2, -0.15) is 17.4 Å². The number of amides is 2. The quantitative estimate of drug-likeness (QED) is 0.180. The molecular weight excluding hydrogens is 648 g/mol. The largest absolute Gasteiger partial charge is 0.497 e. The van der Waals surface area contributed by atoms with Gasteiger partial charge in [0.05, 0.1) is 30.7 Å². The fourth-order valence-corrected chi connectivity index (χ4v) is 7.24. The Kier molecular flexibility index (Phi) is 15.0. The van der Waals surface area contributed by atoms with Crippen LogP contribution in [-0.2, 0) is 37.6 Å². The van der Waals surface area contributed by atoms with E-state index in [1.807, 2.05) is 44.2 Å². The lowest BCUT2D eigenvalue weighted by Crippen LogP contribution is -2.58. The number of hydrogen-bond acceptors (Lipinski definition) is 8. The van der Waals surface area contributed by atoms with Crippen molar-refractivity contribution in [2.75, 3.05) is 20.2 Å². The maximum Gasteiger partial charge on any atom is 0.407 e. The molecule has 3 rings (SSSR count). The molecule has 1 aliphatic rings. The van der Waals surface area contributed by atoms with E-state index in [1.54, 1.807) is 31.4 Å². The highest BCUT2D eigenvalue weighted by Gasteiger charge is 2.37. The van der Waals surface area contributed by atoms with Gasteiger partial charge in [-0.25, -0.2) is 4.79 Å². The van der Waals surface area contributed by atoms with Crippen LogP contribution in [0.1, 0.15) is 77.8 Å². The molecule has 0 bridgehead atoms. The molecule has 0 aliphatic heterocycles. The lowest BCUT2D eigenvalue weighted by atomic mass is 9.83. The van der Waals surface area contributed by atoms with Crippen LogP contribution in [0.3, 0.4) is 0 Å². The number of ketones is 1. The fourth-order valence-electron chi connectivity index (χ4n) is 5.63. The van der Waals surface area contributed by atoms with Gasteiger partial charge in [0.2, 0.25) is 5.91 Å². The summed E-state index contributed by atoms with van der Waals surface area (Å²) in [6.07, 6.45) is 1.58. The third-order valence-corrected chi connectivity index (χ3v) is 10.8. The first kappa shape index (κ1) is 39.9. The van der Waals surface area contributed by atoms with Gasteiger partial charge in [0.1, 0.15) is 18.1 Å². The molecule has 4 N–H and O–H groups in total. The summed E-state index contributed by atoms with van der Waals surface area (Å²) in [4.78, 5) is 38.9. The summed E-state index contributed by atoms with van der Waals surface area (Å²) in [5.74, 6) is -0.401. The second kappa shape index (κ2) is 18.5. The Morgan fingerprint density at radius 1 is 1.00 bits per heavy atom. The number of nitrogens with one attached hydrogen (secondary N) is 3. The van der Waals surface area contributed by atoms with Crippen molar-refractivity contribution in [2.24, 2.45) is 11.8 Å². The van der Waals surface area contributed by atoms with E-state index in [9.17, 15) is 27.9 Å². The van der Waals surface area contributed by atoms with E-state index < -0.39 is 45.9 Å². The second-order valence-corrected chi connectivity index (χ2v) is 15.4. The second-order valence-electron chi connectivity index (χ2n) is 13.8. The number of carbonyl (C=O) groups is 3. The van der Waals surface area contributed by atoms with E-state index in [1.165, 1.54) is 20.8 Å². The lowest BCUT2D eigenvalue weighted by Gasteiger charge is -2.35. The SMILES string of the molecule is COc1ccc(COC(=O)NC2CCCCC2C(=O)NC(Cc2ccccc2)C(O)CN(CCC(C)C)S(=O)(=O)NC(C)(C)C(C)=O)cc1. The summed E-state index contributed by atoms with van der Waals surface area (Å²) in [6.45, 7) is 8.09.